The van der Waals surface area contributed by atoms with Crippen LogP contribution >= 0.6 is 0 Å². The van der Waals surface area contributed by atoms with Crippen molar-refractivity contribution in [3.63, 3.8) is 0 Å². The number of nitrogens with zero attached hydrogens (tertiary/aromatic N) is 1. The highest BCUT2D eigenvalue weighted by atomic mass is 16.5. The Hall–Kier alpha value is -3.42. The number of ether oxygens (including phenoxy) is 4. The van der Waals surface area contributed by atoms with E-state index in [1.54, 1.807) is 45.5 Å². The molecule has 2 aromatic rings. The van der Waals surface area contributed by atoms with Crippen LogP contribution in [0.25, 0.3) is 0 Å². The van der Waals surface area contributed by atoms with E-state index in [9.17, 15) is 9.59 Å². The predicted molar refractivity (Wildman–Crippen MR) is 108 cm³/mol. The molecule has 0 aliphatic heterocycles. The summed E-state index contributed by atoms with van der Waals surface area (Å²) in [5.74, 6) is 1.56. The lowest BCUT2D eigenvalue weighted by atomic mass is 10.2. The van der Waals surface area contributed by atoms with Crippen LogP contribution in [-0.2, 0) is 11.3 Å². The quantitative estimate of drug-likeness (QED) is 0.691. The van der Waals surface area contributed by atoms with Crippen LogP contribution in [0.1, 0.15) is 15.9 Å². The highest BCUT2D eigenvalue weighted by Gasteiger charge is 2.15. The van der Waals surface area contributed by atoms with Crippen LogP contribution < -0.4 is 24.3 Å². The molecule has 1 N–H and O–H groups in total. The molecule has 0 aromatic heterocycles. The number of hydrogen-bond acceptors (Lipinski definition) is 6. The van der Waals surface area contributed by atoms with E-state index < -0.39 is 5.91 Å². The molecule has 0 radical (unpaired) electrons. The van der Waals surface area contributed by atoms with Crippen molar-refractivity contribution in [3.8, 4) is 23.0 Å². The Morgan fingerprint density at radius 3 is 2.03 bits per heavy atom. The Kier molecular flexibility index (Phi) is 7.70. The van der Waals surface area contributed by atoms with Gasteiger partial charge in [0.2, 0.25) is 5.91 Å². The summed E-state index contributed by atoms with van der Waals surface area (Å²) >= 11 is 0. The monoisotopic (exact) mass is 402 g/mol. The number of nitrogens with one attached hydrogen (secondary N) is 1. The van der Waals surface area contributed by atoms with Gasteiger partial charge >= 0.3 is 0 Å². The second-order valence-corrected chi connectivity index (χ2v) is 6.22. The van der Waals surface area contributed by atoms with Crippen molar-refractivity contribution < 1.29 is 28.5 Å². The lowest BCUT2D eigenvalue weighted by Crippen LogP contribution is -2.37. The van der Waals surface area contributed by atoms with E-state index in [4.69, 9.17) is 18.9 Å². The first-order chi connectivity index (χ1) is 13.9. The molecular weight excluding hydrogens is 376 g/mol. The molecule has 0 aliphatic carbocycles. The normalized spacial score (nSPS) is 10.1. The standard InChI is InChI=1S/C21H26N2O6/c1-23(13-14-6-7-18(28-4)19(8-14)29-5)20(24)12-22-21(25)15-9-16(26-2)11-17(10-15)27-3/h6-11H,12-13H2,1-5H3,(H,22,25). The largest absolute Gasteiger partial charge is 0.497 e. The Labute approximate surface area is 170 Å². The fraction of sp³-hybridized carbons (Fsp3) is 0.333. The van der Waals surface area contributed by atoms with Gasteiger partial charge in [-0.1, -0.05) is 6.07 Å². The number of carbonyl (C=O) groups excluding carboxylic acids is 2. The fourth-order valence-electron chi connectivity index (χ4n) is 2.67. The van der Waals surface area contributed by atoms with Gasteiger partial charge in [0.25, 0.3) is 5.91 Å². The van der Waals surface area contributed by atoms with Gasteiger partial charge in [-0.25, -0.2) is 0 Å². The van der Waals surface area contributed by atoms with E-state index in [-0.39, 0.29) is 12.5 Å². The first-order valence-electron chi connectivity index (χ1n) is 8.88. The first-order valence-corrected chi connectivity index (χ1v) is 8.88. The predicted octanol–water partition coefficient (Wildman–Crippen LogP) is 2.11. The molecule has 0 heterocycles. The summed E-state index contributed by atoms with van der Waals surface area (Å²) in [5.41, 5.74) is 1.22. The molecule has 0 unspecified atom stereocenters. The van der Waals surface area contributed by atoms with Gasteiger partial charge in [0, 0.05) is 25.2 Å². The van der Waals surface area contributed by atoms with Crippen LogP contribution in [0.3, 0.4) is 0 Å². The lowest BCUT2D eigenvalue weighted by Gasteiger charge is -2.18. The summed E-state index contributed by atoms with van der Waals surface area (Å²) in [5, 5.41) is 2.62. The Morgan fingerprint density at radius 1 is 0.862 bits per heavy atom. The van der Waals surface area contributed by atoms with E-state index in [2.05, 4.69) is 5.32 Å². The second kappa shape index (κ2) is 10.2. The molecule has 0 atom stereocenters. The number of benzene rings is 2. The molecular formula is C21H26N2O6. The highest BCUT2D eigenvalue weighted by Crippen LogP contribution is 2.28. The summed E-state index contributed by atoms with van der Waals surface area (Å²) in [7, 11) is 7.79. The van der Waals surface area contributed by atoms with Gasteiger partial charge in [0.05, 0.1) is 35.0 Å². The van der Waals surface area contributed by atoms with Crippen LogP contribution in [0.4, 0.5) is 0 Å². The minimum atomic E-state index is -0.393. The van der Waals surface area contributed by atoms with Crippen molar-refractivity contribution in [1.82, 2.24) is 10.2 Å². The highest BCUT2D eigenvalue weighted by molar-refractivity contribution is 5.97. The maximum absolute atomic E-state index is 12.4. The van der Waals surface area contributed by atoms with Gasteiger partial charge < -0.3 is 29.2 Å². The van der Waals surface area contributed by atoms with E-state index in [1.807, 2.05) is 12.1 Å². The smallest absolute Gasteiger partial charge is 0.251 e. The van der Waals surface area contributed by atoms with Crippen molar-refractivity contribution in [2.45, 2.75) is 6.54 Å². The van der Waals surface area contributed by atoms with Gasteiger partial charge in [-0.15, -0.1) is 0 Å². The van der Waals surface area contributed by atoms with E-state index in [0.29, 0.717) is 35.1 Å². The number of likely N-dealkylation sites (N-methyl/N-ethyl adjacent to an activating group) is 1. The molecule has 8 heteroatoms. The third-order valence-electron chi connectivity index (χ3n) is 4.31. The molecule has 0 saturated carbocycles. The zero-order chi connectivity index (χ0) is 21.4. The van der Waals surface area contributed by atoms with Crippen LogP contribution in [0, 0.1) is 0 Å². The number of methoxy groups -OCH3 is 4. The summed E-state index contributed by atoms with van der Waals surface area (Å²) in [6, 6.07) is 10.3. The minimum absolute atomic E-state index is 0.137. The molecule has 2 amide bonds. The van der Waals surface area contributed by atoms with Crippen LogP contribution in [-0.4, -0.2) is 58.7 Å². The van der Waals surface area contributed by atoms with Gasteiger partial charge in [-0.2, -0.15) is 0 Å². The van der Waals surface area contributed by atoms with Crippen LogP contribution in [0.15, 0.2) is 36.4 Å². The zero-order valence-electron chi connectivity index (χ0n) is 17.3. The van der Waals surface area contributed by atoms with Gasteiger partial charge in [-0.05, 0) is 29.8 Å². The average molecular weight is 402 g/mol. The van der Waals surface area contributed by atoms with Gasteiger partial charge in [0.15, 0.2) is 11.5 Å². The molecule has 0 spiro atoms. The Morgan fingerprint density at radius 2 is 1.48 bits per heavy atom. The van der Waals surface area contributed by atoms with Crippen molar-refractivity contribution in [3.05, 3.63) is 47.5 Å². The number of rotatable bonds is 9. The summed E-state index contributed by atoms with van der Waals surface area (Å²) in [6.07, 6.45) is 0. The average Bonchev–Trinajstić information content (AvgIpc) is 2.76. The second-order valence-electron chi connectivity index (χ2n) is 6.22. The topological polar surface area (TPSA) is 86.3 Å². The number of carbonyl (C=O) groups is 2. The Bertz CT molecular complexity index is 846. The zero-order valence-corrected chi connectivity index (χ0v) is 17.3. The van der Waals surface area contributed by atoms with E-state index >= 15 is 0 Å². The molecule has 0 bridgehead atoms. The maximum Gasteiger partial charge on any atom is 0.251 e. The van der Waals surface area contributed by atoms with Crippen molar-refractivity contribution in [2.75, 3.05) is 42.0 Å². The van der Waals surface area contributed by atoms with E-state index in [1.165, 1.54) is 19.1 Å². The third-order valence-corrected chi connectivity index (χ3v) is 4.31. The molecule has 0 aliphatic rings. The molecule has 156 valence electrons. The summed E-state index contributed by atoms with van der Waals surface area (Å²) < 4.78 is 20.8. The van der Waals surface area contributed by atoms with Gasteiger partial charge in [-0.3, -0.25) is 9.59 Å². The molecule has 0 fully saturated rings. The molecule has 29 heavy (non-hydrogen) atoms. The van der Waals surface area contributed by atoms with Crippen LogP contribution in [0.2, 0.25) is 0 Å². The third kappa shape index (κ3) is 5.78. The van der Waals surface area contributed by atoms with Crippen molar-refractivity contribution in [2.24, 2.45) is 0 Å². The Balaban J connectivity index is 1.97. The number of hydrogen-bond donors (Lipinski definition) is 1. The van der Waals surface area contributed by atoms with Gasteiger partial charge in [0.1, 0.15) is 11.5 Å². The molecule has 2 aromatic carbocycles. The molecule has 0 saturated heterocycles. The minimum Gasteiger partial charge on any atom is -0.497 e. The molecule has 2 rings (SSSR count). The first kappa shape index (κ1) is 21.9. The number of amides is 2. The lowest BCUT2D eigenvalue weighted by molar-refractivity contribution is -0.129. The summed E-state index contributed by atoms with van der Waals surface area (Å²) in [6.45, 7) is 0.226. The maximum atomic E-state index is 12.4. The summed E-state index contributed by atoms with van der Waals surface area (Å²) in [4.78, 5) is 26.3. The van der Waals surface area contributed by atoms with Crippen molar-refractivity contribution >= 4 is 11.8 Å². The molecule has 8 nitrogen and oxygen atoms in total. The SMILES string of the molecule is COc1cc(OC)cc(C(=O)NCC(=O)N(C)Cc2ccc(OC)c(OC)c2)c1. The van der Waals surface area contributed by atoms with Crippen molar-refractivity contribution in [1.29, 1.82) is 0 Å². The fourth-order valence-corrected chi connectivity index (χ4v) is 2.67. The van der Waals surface area contributed by atoms with Crippen LogP contribution in [0.5, 0.6) is 23.0 Å². The van der Waals surface area contributed by atoms with E-state index in [0.717, 1.165) is 5.56 Å².